The second-order valence-electron chi connectivity index (χ2n) is 7.07. The van der Waals surface area contributed by atoms with Crippen molar-refractivity contribution in [3.8, 4) is 0 Å². The predicted molar refractivity (Wildman–Crippen MR) is 92.3 cm³/mol. The highest BCUT2D eigenvalue weighted by Crippen LogP contribution is 2.30. The molecule has 2 heterocycles. The summed E-state index contributed by atoms with van der Waals surface area (Å²) in [4.78, 5) is 4.32. The molecule has 0 bridgehead atoms. The molecule has 128 valence electrons. The zero-order valence-electron chi connectivity index (χ0n) is 14.5. The molecule has 23 heavy (non-hydrogen) atoms. The van der Waals surface area contributed by atoms with Crippen LogP contribution < -0.4 is 10.6 Å². The van der Waals surface area contributed by atoms with Gasteiger partial charge in [-0.25, -0.2) is 0 Å². The van der Waals surface area contributed by atoms with Crippen LogP contribution in [0.2, 0.25) is 0 Å². The molecule has 2 N–H and O–H groups in total. The summed E-state index contributed by atoms with van der Waals surface area (Å²) in [5.41, 5.74) is 0. The van der Waals surface area contributed by atoms with Crippen LogP contribution in [0.1, 0.15) is 57.1 Å². The fourth-order valence-corrected chi connectivity index (χ4v) is 3.94. The van der Waals surface area contributed by atoms with Gasteiger partial charge in [-0.05, 0) is 31.1 Å². The zero-order valence-corrected chi connectivity index (χ0v) is 14.5. The van der Waals surface area contributed by atoms with E-state index in [2.05, 4.69) is 37.3 Å². The van der Waals surface area contributed by atoms with E-state index in [1.54, 1.807) is 0 Å². The molecule has 0 amide bonds. The minimum Gasteiger partial charge on any atom is -0.356 e. The van der Waals surface area contributed by atoms with E-state index in [1.807, 2.05) is 7.05 Å². The standard InChI is InChI=1S/C17H30N6/c1-13-5-3-6-14(11-13)8-9-19-17(18-2)20-12-16-22-21-15-7-4-10-23(15)16/h13-14H,3-12H2,1-2H3,(H2,18,19,20). The maximum atomic E-state index is 4.32. The largest absolute Gasteiger partial charge is 0.356 e. The molecular weight excluding hydrogens is 288 g/mol. The average Bonchev–Trinajstić information content (AvgIpc) is 3.15. The molecule has 6 heteroatoms. The van der Waals surface area contributed by atoms with Crippen molar-refractivity contribution >= 4 is 5.96 Å². The number of hydrogen-bond acceptors (Lipinski definition) is 3. The molecule has 1 saturated carbocycles. The third kappa shape index (κ3) is 4.24. The van der Waals surface area contributed by atoms with Crippen molar-refractivity contribution in [3.05, 3.63) is 11.6 Å². The Morgan fingerprint density at radius 3 is 3.00 bits per heavy atom. The molecule has 0 saturated heterocycles. The van der Waals surface area contributed by atoms with E-state index in [1.165, 1.54) is 38.5 Å². The fraction of sp³-hybridized carbons (Fsp3) is 0.824. The number of nitrogens with zero attached hydrogens (tertiary/aromatic N) is 4. The molecule has 0 aromatic carbocycles. The normalized spacial score (nSPS) is 24.5. The van der Waals surface area contributed by atoms with Crippen molar-refractivity contribution in [1.82, 2.24) is 25.4 Å². The number of guanidine groups is 1. The van der Waals surface area contributed by atoms with Crippen molar-refractivity contribution in [2.45, 2.75) is 65.0 Å². The van der Waals surface area contributed by atoms with Crippen LogP contribution in [0.3, 0.4) is 0 Å². The molecule has 2 unspecified atom stereocenters. The van der Waals surface area contributed by atoms with Crippen LogP contribution in [-0.2, 0) is 19.5 Å². The van der Waals surface area contributed by atoms with Gasteiger partial charge in [-0.3, -0.25) is 4.99 Å². The lowest BCUT2D eigenvalue weighted by Gasteiger charge is -2.26. The molecular formula is C17H30N6. The monoisotopic (exact) mass is 318 g/mol. The summed E-state index contributed by atoms with van der Waals surface area (Å²) in [6, 6.07) is 0. The van der Waals surface area contributed by atoms with Gasteiger partial charge in [0.25, 0.3) is 0 Å². The SMILES string of the molecule is CN=C(NCCC1CCCC(C)C1)NCc1nnc2n1CCC2. The van der Waals surface area contributed by atoms with Crippen molar-refractivity contribution in [1.29, 1.82) is 0 Å². The van der Waals surface area contributed by atoms with Gasteiger partial charge in [0, 0.05) is 26.6 Å². The van der Waals surface area contributed by atoms with Gasteiger partial charge in [0.15, 0.2) is 11.8 Å². The molecule has 1 aromatic heterocycles. The number of fused-ring (bicyclic) bond motifs is 1. The first-order valence-electron chi connectivity index (χ1n) is 9.11. The summed E-state index contributed by atoms with van der Waals surface area (Å²) in [5, 5.41) is 15.3. The van der Waals surface area contributed by atoms with E-state index < -0.39 is 0 Å². The van der Waals surface area contributed by atoms with Crippen LogP contribution in [0.25, 0.3) is 0 Å². The highest BCUT2D eigenvalue weighted by molar-refractivity contribution is 5.79. The van der Waals surface area contributed by atoms with Gasteiger partial charge >= 0.3 is 0 Å². The third-order valence-electron chi connectivity index (χ3n) is 5.21. The Morgan fingerprint density at radius 2 is 2.17 bits per heavy atom. The van der Waals surface area contributed by atoms with Crippen LogP contribution in [0.4, 0.5) is 0 Å². The minimum atomic E-state index is 0.688. The topological polar surface area (TPSA) is 67.1 Å². The van der Waals surface area contributed by atoms with Crippen molar-refractivity contribution in [2.24, 2.45) is 16.8 Å². The number of hydrogen-bond donors (Lipinski definition) is 2. The van der Waals surface area contributed by atoms with Crippen molar-refractivity contribution in [2.75, 3.05) is 13.6 Å². The second kappa shape index (κ2) is 7.79. The number of rotatable bonds is 5. The number of nitrogens with one attached hydrogen (secondary N) is 2. The van der Waals surface area contributed by atoms with E-state index in [0.717, 1.165) is 49.0 Å². The molecule has 1 aliphatic heterocycles. The number of aryl methyl sites for hydroxylation is 1. The van der Waals surface area contributed by atoms with Crippen LogP contribution in [-0.4, -0.2) is 34.3 Å². The molecule has 0 spiro atoms. The van der Waals surface area contributed by atoms with Gasteiger partial charge < -0.3 is 15.2 Å². The van der Waals surface area contributed by atoms with Gasteiger partial charge in [0.1, 0.15) is 5.82 Å². The smallest absolute Gasteiger partial charge is 0.191 e. The lowest BCUT2D eigenvalue weighted by molar-refractivity contribution is 0.270. The van der Waals surface area contributed by atoms with E-state index in [4.69, 9.17) is 0 Å². The number of aromatic nitrogens is 3. The molecule has 6 nitrogen and oxygen atoms in total. The summed E-state index contributed by atoms with van der Waals surface area (Å²) < 4.78 is 2.23. The van der Waals surface area contributed by atoms with Crippen LogP contribution >= 0.6 is 0 Å². The van der Waals surface area contributed by atoms with Crippen molar-refractivity contribution in [3.63, 3.8) is 0 Å². The molecule has 2 aliphatic rings. The van der Waals surface area contributed by atoms with Crippen molar-refractivity contribution < 1.29 is 0 Å². The van der Waals surface area contributed by atoms with E-state index >= 15 is 0 Å². The minimum absolute atomic E-state index is 0.688. The molecule has 1 fully saturated rings. The first-order valence-corrected chi connectivity index (χ1v) is 9.11. The highest BCUT2D eigenvalue weighted by Gasteiger charge is 2.19. The first-order chi connectivity index (χ1) is 11.3. The summed E-state index contributed by atoms with van der Waals surface area (Å²) in [5.74, 6) is 4.78. The highest BCUT2D eigenvalue weighted by atomic mass is 15.3. The maximum Gasteiger partial charge on any atom is 0.191 e. The maximum absolute atomic E-state index is 4.32. The quantitative estimate of drug-likeness (QED) is 0.644. The first kappa shape index (κ1) is 16.3. The van der Waals surface area contributed by atoms with Crippen LogP contribution in [0, 0.1) is 11.8 Å². The second-order valence-corrected chi connectivity index (χ2v) is 7.07. The van der Waals surface area contributed by atoms with Gasteiger partial charge in [0.05, 0.1) is 6.54 Å². The number of aliphatic imine (C=N–C) groups is 1. The Kier molecular flexibility index (Phi) is 5.51. The van der Waals surface area contributed by atoms with E-state index in [0.29, 0.717) is 6.54 Å². The Morgan fingerprint density at radius 1 is 1.26 bits per heavy atom. The van der Waals surface area contributed by atoms with E-state index in [-0.39, 0.29) is 0 Å². The van der Waals surface area contributed by atoms with Crippen LogP contribution in [0.15, 0.2) is 4.99 Å². The van der Waals surface area contributed by atoms with Gasteiger partial charge in [0.2, 0.25) is 0 Å². The molecule has 2 atom stereocenters. The molecule has 0 radical (unpaired) electrons. The van der Waals surface area contributed by atoms with Crippen LogP contribution in [0.5, 0.6) is 0 Å². The Labute approximate surface area is 139 Å². The average molecular weight is 318 g/mol. The Balaban J connectivity index is 1.40. The van der Waals surface area contributed by atoms with E-state index in [9.17, 15) is 0 Å². The Bertz CT molecular complexity index is 535. The fourth-order valence-electron chi connectivity index (χ4n) is 3.94. The Hall–Kier alpha value is -1.59. The molecule has 3 rings (SSSR count). The molecule has 1 aliphatic carbocycles. The summed E-state index contributed by atoms with van der Waals surface area (Å²) in [6.07, 6.45) is 9.08. The van der Waals surface area contributed by atoms with Gasteiger partial charge in [-0.1, -0.05) is 26.2 Å². The lowest BCUT2D eigenvalue weighted by Crippen LogP contribution is -2.38. The third-order valence-corrected chi connectivity index (χ3v) is 5.21. The predicted octanol–water partition coefficient (Wildman–Crippen LogP) is 2.11. The zero-order chi connectivity index (χ0) is 16.1. The van der Waals surface area contributed by atoms with Gasteiger partial charge in [-0.15, -0.1) is 10.2 Å². The summed E-state index contributed by atoms with van der Waals surface area (Å²) >= 11 is 0. The van der Waals surface area contributed by atoms with Gasteiger partial charge in [-0.2, -0.15) is 0 Å². The summed E-state index contributed by atoms with van der Waals surface area (Å²) in [6.45, 7) is 5.12. The summed E-state index contributed by atoms with van der Waals surface area (Å²) in [7, 11) is 1.83. The molecule has 1 aromatic rings. The lowest BCUT2D eigenvalue weighted by atomic mass is 9.81.